The minimum atomic E-state index is -0.887. The number of anilines is 1. The molecule has 8 heteroatoms. The molecule has 2 aromatic rings. The third-order valence-corrected chi connectivity index (χ3v) is 4.13. The van der Waals surface area contributed by atoms with E-state index in [4.69, 9.17) is 18.9 Å². The molecule has 1 N–H and O–H groups in total. The number of hydrogen-bond acceptors (Lipinski definition) is 7. The summed E-state index contributed by atoms with van der Waals surface area (Å²) in [6.45, 7) is 0.564. The zero-order valence-electron chi connectivity index (χ0n) is 16.3. The molecular formula is C22H20N2O6. The normalized spacial score (nSPS) is 12.9. The first-order chi connectivity index (χ1) is 14.6. The number of rotatable bonds is 6. The van der Waals surface area contributed by atoms with Gasteiger partial charge in [0, 0.05) is 18.2 Å². The van der Waals surface area contributed by atoms with E-state index in [0.29, 0.717) is 41.7 Å². The average Bonchev–Trinajstić information content (AvgIpc) is 3.01. The van der Waals surface area contributed by atoms with Crippen molar-refractivity contribution >= 4 is 23.6 Å². The smallest absolute Gasteiger partial charge is 0.349 e. The summed E-state index contributed by atoms with van der Waals surface area (Å²) in [4.78, 5) is 24.3. The second kappa shape index (κ2) is 9.98. The van der Waals surface area contributed by atoms with Crippen LogP contribution in [-0.4, -0.2) is 38.8 Å². The first-order valence-corrected chi connectivity index (χ1v) is 9.21. The second-order valence-corrected chi connectivity index (χ2v) is 6.28. The van der Waals surface area contributed by atoms with Gasteiger partial charge in [0.1, 0.15) is 17.4 Å². The van der Waals surface area contributed by atoms with Gasteiger partial charge in [0.15, 0.2) is 18.1 Å². The molecule has 0 aliphatic carbocycles. The SMILES string of the molecule is COc1ccc(C=C(C#N)C(=O)OCC(=O)Nc2ccc3c(c2)OCCCO3)cc1. The number of carbonyl (C=O) groups excluding carboxylic acids is 2. The molecule has 8 nitrogen and oxygen atoms in total. The Bertz CT molecular complexity index is 992. The van der Waals surface area contributed by atoms with Crippen LogP contribution in [0.4, 0.5) is 5.69 Å². The summed E-state index contributed by atoms with van der Waals surface area (Å²) in [7, 11) is 1.54. The molecule has 0 saturated carbocycles. The van der Waals surface area contributed by atoms with Crippen molar-refractivity contribution in [1.82, 2.24) is 0 Å². The summed E-state index contributed by atoms with van der Waals surface area (Å²) in [6, 6.07) is 13.6. The van der Waals surface area contributed by atoms with Crippen LogP contribution < -0.4 is 19.5 Å². The number of nitrogens with zero attached hydrogens (tertiary/aromatic N) is 1. The molecule has 154 valence electrons. The molecule has 0 spiro atoms. The van der Waals surface area contributed by atoms with Gasteiger partial charge in [0.2, 0.25) is 0 Å². The molecule has 1 aliphatic heterocycles. The predicted molar refractivity (Wildman–Crippen MR) is 108 cm³/mol. The predicted octanol–water partition coefficient (Wildman–Crippen LogP) is 2.95. The molecule has 0 atom stereocenters. The van der Waals surface area contributed by atoms with Crippen molar-refractivity contribution in [2.24, 2.45) is 0 Å². The maximum atomic E-state index is 12.1. The zero-order valence-corrected chi connectivity index (χ0v) is 16.3. The van der Waals surface area contributed by atoms with Crippen LogP contribution >= 0.6 is 0 Å². The molecule has 0 radical (unpaired) electrons. The van der Waals surface area contributed by atoms with E-state index in [1.165, 1.54) is 6.08 Å². The molecule has 0 saturated heterocycles. The fourth-order valence-electron chi connectivity index (χ4n) is 2.65. The Morgan fingerprint density at radius 2 is 1.87 bits per heavy atom. The van der Waals surface area contributed by atoms with Crippen LogP contribution in [0.25, 0.3) is 6.08 Å². The Kier molecular flexibility index (Phi) is 6.90. The van der Waals surface area contributed by atoms with Gasteiger partial charge in [-0.05, 0) is 35.9 Å². The number of fused-ring (bicyclic) bond motifs is 1. The van der Waals surface area contributed by atoms with E-state index in [0.717, 1.165) is 6.42 Å². The molecule has 1 amide bonds. The molecule has 0 unspecified atom stereocenters. The van der Waals surface area contributed by atoms with Crippen LogP contribution in [0.5, 0.6) is 17.2 Å². The number of nitriles is 1. The van der Waals surface area contributed by atoms with Gasteiger partial charge in [-0.3, -0.25) is 4.79 Å². The highest BCUT2D eigenvalue weighted by atomic mass is 16.5. The number of carbonyl (C=O) groups is 2. The van der Waals surface area contributed by atoms with Gasteiger partial charge in [-0.15, -0.1) is 0 Å². The van der Waals surface area contributed by atoms with E-state index in [1.54, 1.807) is 55.6 Å². The largest absolute Gasteiger partial charge is 0.497 e. The van der Waals surface area contributed by atoms with E-state index >= 15 is 0 Å². The Labute approximate surface area is 173 Å². The minimum absolute atomic E-state index is 0.219. The molecular weight excluding hydrogens is 388 g/mol. The first-order valence-electron chi connectivity index (χ1n) is 9.21. The van der Waals surface area contributed by atoms with Crippen molar-refractivity contribution in [1.29, 1.82) is 5.26 Å². The number of benzene rings is 2. The summed E-state index contributed by atoms with van der Waals surface area (Å²) in [5.41, 5.74) is 0.888. The Balaban J connectivity index is 1.56. The van der Waals surface area contributed by atoms with E-state index in [2.05, 4.69) is 5.32 Å². The van der Waals surface area contributed by atoms with Gasteiger partial charge in [-0.2, -0.15) is 5.26 Å². The molecule has 0 fully saturated rings. The summed E-state index contributed by atoms with van der Waals surface area (Å²) in [5, 5.41) is 11.8. The standard InChI is InChI=1S/C22H20N2O6/c1-27-18-6-3-15(4-7-18)11-16(13-23)22(26)30-14-21(25)24-17-5-8-19-20(12-17)29-10-2-9-28-19/h3-8,11-12H,2,9-10,14H2,1H3,(H,24,25). The maximum absolute atomic E-state index is 12.1. The maximum Gasteiger partial charge on any atom is 0.349 e. The van der Waals surface area contributed by atoms with Crippen molar-refractivity contribution in [2.75, 3.05) is 32.2 Å². The van der Waals surface area contributed by atoms with Crippen LogP contribution in [0.1, 0.15) is 12.0 Å². The van der Waals surface area contributed by atoms with E-state index in [9.17, 15) is 14.9 Å². The van der Waals surface area contributed by atoms with Crippen LogP contribution in [0.15, 0.2) is 48.0 Å². The number of amides is 1. The summed E-state index contributed by atoms with van der Waals surface area (Å²) in [6.07, 6.45) is 2.15. The lowest BCUT2D eigenvalue weighted by atomic mass is 10.1. The van der Waals surface area contributed by atoms with Gasteiger partial charge in [0.05, 0.1) is 20.3 Å². The second-order valence-electron chi connectivity index (χ2n) is 6.28. The lowest BCUT2D eigenvalue weighted by molar-refractivity contribution is -0.142. The third-order valence-electron chi connectivity index (χ3n) is 4.13. The molecule has 3 rings (SSSR count). The first kappa shape index (κ1) is 20.7. The number of esters is 1. The van der Waals surface area contributed by atoms with Crippen LogP contribution in [-0.2, 0) is 14.3 Å². The summed E-state index contributed by atoms with van der Waals surface area (Å²) in [5.74, 6) is 0.372. The molecule has 1 heterocycles. The monoisotopic (exact) mass is 408 g/mol. The van der Waals surface area contributed by atoms with Gasteiger partial charge >= 0.3 is 5.97 Å². The highest BCUT2D eigenvalue weighted by Gasteiger charge is 2.15. The van der Waals surface area contributed by atoms with Crippen molar-refractivity contribution in [3.8, 4) is 23.3 Å². The van der Waals surface area contributed by atoms with Crippen molar-refractivity contribution in [3.05, 3.63) is 53.6 Å². The molecule has 1 aliphatic rings. The van der Waals surface area contributed by atoms with Crippen LogP contribution in [0.2, 0.25) is 0 Å². The number of hydrogen-bond donors (Lipinski definition) is 1. The van der Waals surface area contributed by atoms with Crippen molar-refractivity contribution < 1.29 is 28.5 Å². The number of ether oxygens (including phenoxy) is 4. The Hall–Kier alpha value is -3.99. The molecule has 2 aromatic carbocycles. The highest BCUT2D eigenvalue weighted by Crippen LogP contribution is 2.32. The summed E-state index contributed by atoms with van der Waals surface area (Å²) < 4.78 is 21.1. The van der Waals surface area contributed by atoms with Gasteiger partial charge < -0.3 is 24.3 Å². The van der Waals surface area contributed by atoms with Gasteiger partial charge in [0.25, 0.3) is 5.91 Å². The third kappa shape index (κ3) is 5.52. The van der Waals surface area contributed by atoms with Gasteiger partial charge in [-0.25, -0.2) is 4.79 Å². The van der Waals surface area contributed by atoms with E-state index in [1.807, 2.05) is 0 Å². The fourth-order valence-corrected chi connectivity index (χ4v) is 2.65. The number of nitrogens with one attached hydrogen (secondary N) is 1. The lowest BCUT2D eigenvalue weighted by Gasteiger charge is -2.10. The minimum Gasteiger partial charge on any atom is -0.497 e. The Morgan fingerprint density at radius 3 is 2.57 bits per heavy atom. The quantitative estimate of drug-likeness (QED) is 0.445. The fraction of sp³-hybridized carbons (Fsp3) is 0.227. The summed E-state index contributed by atoms with van der Waals surface area (Å²) >= 11 is 0. The highest BCUT2D eigenvalue weighted by molar-refractivity contribution is 6.00. The number of methoxy groups -OCH3 is 1. The lowest BCUT2D eigenvalue weighted by Crippen LogP contribution is -2.21. The zero-order chi connectivity index (χ0) is 21.3. The molecule has 0 aromatic heterocycles. The van der Waals surface area contributed by atoms with Crippen LogP contribution in [0.3, 0.4) is 0 Å². The van der Waals surface area contributed by atoms with E-state index in [-0.39, 0.29) is 5.57 Å². The molecule has 30 heavy (non-hydrogen) atoms. The van der Waals surface area contributed by atoms with E-state index < -0.39 is 18.5 Å². The average molecular weight is 408 g/mol. The van der Waals surface area contributed by atoms with Gasteiger partial charge in [-0.1, -0.05) is 12.1 Å². The van der Waals surface area contributed by atoms with Crippen LogP contribution in [0, 0.1) is 11.3 Å². The van der Waals surface area contributed by atoms with Crippen molar-refractivity contribution in [3.63, 3.8) is 0 Å². The molecule has 0 bridgehead atoms. The van der Waals surface area contributed by atoms with Crippen molar-refractivity contribution in [2.45, 2.75) is 6.42 Å². The topological polar surface area (TPSA) is 107 Å². The Morgan fingerprint density at radius 1 is 1.13 bits per heavy atom.